The van der Waals surface area contributed by atoms with Crippen LogP contribution in [0.25, 0.3) is 11.3 Å². The van der Waals surface area contributed by atoms with Crippen LogP contribution in [-0.4, -0.2) is 48.2 Å². The number of amides is 1. The van der Waals surface area contributed by atoms with Crippen LogP contribution in [0.5, 0.6) is 0 Å². The lowest BCUT2D eigenvalue weighted by Gasteiger charge is -2.35. The lowest BCUT2D eigenvalue weighted by molar-refractivity contribution is 0.0975. The van der Waals surface area contributed by atoms with Gasteiger partial charge >= 0.3 is 0 Å². The summed E-state index contributed by atoms with van der Waals surface area (Å²) in [5.74, 6) is -0.146. The van der Waals surface area contributed by atoms with E-state index in [0.717, 1.165) is 24.1 Å². The molecule has 3 heterocycles. The Morgan fingerprint density at radius 3 is 2.66 bits per heavy atom. The average Bonchev–Trinajstić information content (AvgIpc) is 2.84. The monoisotopic (exact) mass is 432 g/mol. The lowest BCUT2D eigenvalue weighted by atomic mass is 9.95. The van der Waals surface area contributed by atoms with Crippen molar-refractivity contribution >= 4 is 17.5 Å². The summed E-state index contributed by atoms with van der Waals surface area (Å²) < 4.78 is 20.3. The highest BCUT2D eigenvalue weighted by molar-refractivity contribution is 6.10. The summed E-state index contributed by atoms with van der Waals surface area (Å²) in [4.78, 5) is 26.9. The Morgan fingerprint density at radius 2 is 1.84 bits per heavy atom. The van der Waals surface area contributed by atoms with Crippen LogP contribution in [0.4, 0.5) is 16.0 Å². The summed E-state index contributed by atoms with van der Waals surface area (Å²) in [5.41, 5.74) is 2.95. The van der Waals surface area contributed by atoms with Crippen LogP contribution in [0.15, 0.2) is 54.7 Å². The quantitative estimate of drug-likeness (QED) is 0.624. The zero-order valence-corrected chi connectivity index (χ0v) is 18.0. The molecule has 0 aliphatic carbocycles. The number of nitrogens with zero attached hydrogens (tertiary/aromatic N) is 4. The molecule has 1 unspecified atom stereocenters. The number of hydrogen-bond acceptors (Lipinski definition) is 5. The highest BCUT2D eigenvalue weighted by atomic mass is 19.1. The number of para-hydroxylation sites is 1. The topological polar surface area (TPSA) is 58.6 Å². The van der Waals surface area contributed by atoms with Gasteiger partial charge in [0.2, 0.25) is 5.95 Å². The van der Waals surface area contributed by atoms with E-state index in [1.54, 1.807) is 29.3 Å². The molecule has 0 spiro atoms. The number of halogens is 1. The van der Waals surface area contributed by atoms with E-state index in [-0.39, 0.29) is 11.9 Å². The summed E-state index contributed by atoms with van der Waals surface area (Å²) in [6.07, 6.45) is 3.34. The predicted octanol–water partition coefficient (Wildman–Crippen LogP) is 4.10. The third-order valence-corrected chi connectivity index (χ3v) is 6.17. The normalized spacial score (nSPS) is 18.4. The molecule has 1 fully saturated rings. The van der Waals surface area contributed by atoms with Gasteiger partial charge in [-0.2, -0.15) is 0 Å². The molecule has 0 N–H and O–H groups in total. The van der Waals surface area contributed by atoms with Gasteiger partial charge in [-0.3, -0.25) is 4.79 Å². The number of rotatable bonds is 3. The molecule has 6 nitrogen and oxygen atoms in total. The number of anilines is 2. The Hall–Kier alpha value is -3.32. The standard InChI is InChI=1S/C25H25FN4O2/c1-17-10-11-18-6-2-5-9-22(18)30(17)24(31)20-16-27-25(29-12-14-32-15-13-29)28-23(20)19-7-3-4-8-21(19)26/h2-9,16-17H,10-15H2,1H3. The van der Waals surface area contributed by atoms with Gasteiger partial charge in [-0.25, -0.2) is 14.4 Å². The Balaban J connectivity index is 1.62. The molecule has 1 atom stereocenters. The molecule has 2 aliphatic rings. The molecular formula is C25H25FN4O2. The second kappa shape index (κ2) is 8.67. The van der Waals surface area contributed by atoms with Gasteiger partial charge in [0.25, 0.3) is 5.91 Å². The predicted molar refractivity (Wildman–Crippen MR) is 121 cm³/mol. The van der Waals surface area contributed by atoms with Gasteiger partial charge in [-0.05, 0) is 43.5 Å². The van der Waals surface area contributed by atoms with Crippen LogP contribution in [0.1, 0.15) is 29.3 Å². The van der Waals surface area contributed by atoms with Crippen LogP contribution in [0.3, 0.4) is 0 Å². The minimum Gasteiger partial charge on any atom is -0.378 e. The number of fused-ring (bicyclic) bond motifs is 1. The van der Waals surface area contributed by atoms with Gasteiger partial charge in [0.15, 0.2) is 0 Å². The van der Waals surface area contributed by atoms with E-state index in [1.165, 1.54) is 6.07 Å². The first-order valence-corrected chi connectivity index (χ1v) is 11.0. The van der Waals surface area contributed by atoms with Crippen LogP contribution in [0, 0.1) is 5.82 Å². The molecule has 0 radical (unpaired) electrons. The number of aromatic nitrogens is 2. The van der Waals surface area contributed by atoms with Crippen LogP contribution >= 0.6 is 0 Å². The summed E-state index contributed by atoms with van der Waals surface area (Å²) in [6, 6.07) is 14.4. The van der Waals surface area contributed by atoms with E-state index in [0.29, 0.717) is 49.1 Å². The maximum absolute atomic E-state index is 14.8. The first-order chi connectivity index (χ1) is 15.6. The highest BCUT2D eigenvalue weighted by Gasteiger charge is 2.32. The summed E-state index contributed by atoms with van der Waals surface area (Å²) in [7, 11) is 0. The Morgan fingerprint density at radius 1 is 1.09 bits per heavy atom. The largest absolute Gasteiger partial charge is 0.378 e. The van der Waals surface area contributed by atoms with Gasteiger partial charge in [0, 0.05) is 36.6 Å². The van der Waals surface area contributed by atoms with Gasteiger partial charge in [0.1, 0.15) is 5.82 Å². The van der Waals surface area contributed by atoms with Gasteiger partial charge in [0.05, 0.1) is 24.5 Å². The van der Waals surface area contributed by atoms with Crippen LogP contribution in [-0.2, 0) is 11.2 Å². The molecule has 3 aromatic rings. The summed E-state index contributed by atoms with van der Waals surface area (Å²) in [5, 5.41) is 0. The minimum absolute atomic E-state index is 0.0183. The van der Waals surface area contributed by atoms with E-state index < -0.39 is 5.82 Å². The van der Waals surface area contributed by atoms with Crippen LogP contribution in [0.2, 0.25) is 0 Å². The average molecular weight is 432 g/mol. The number of morpholine rings is 1. The van der Waals surface area contributed by atoms with E-state index in [9.17, 15) is 9.18 Å². The van der Waals surface area contributed by atoms with Crippen molar-refractivity contribution in [3.8, 4) is 11.3 Å². The van der Waals surface area contributed by atoms with Gasteiger partial charge in [-0.1, -0.05) is 30.3 Å². The number of hydrogen-bond donors (Lipinski definition) is 0. The number of carbonyl (C=O) groups is 1. The molecule has 2 aliphatic heterocycles. The molecule has 0 saturated carbocycles. The summed E-state index contributed by atoms with van der Waals surface area (Å²) >= 11 is 0. The summed E-state index contributed by atoms with van der Waals surface area (Å²) in [6.45, 7) is 4.52. The Labute approximate surface area is 186 Å². The fraction of sp³-hybridized carbons (Fsp3) is 0.320. The van der Waals surface area contributed by atoms with Crippen molar-refractivity contribution in [3.63, 3.8) is 0 Å². The molecule has 7 heteroatoms. The van der Waals surface area contributed by atoms with Crippen LogP contribution < -0.4 is 9.80 Å². The smallest absolute Gasteiger partial charge is 0.262 e. The maximum Gasteiger partial charge on any atom is 0.262 e. The molecule has 1 aromatic heterocycles. The molecule has 1 amide bonds. The third kappa shape index (κ3) is 3.73. The first-order valence-electron chi connectivity index (χ1n) is 11.0. The van der Waals surface area contributed by atoms with Crippen molar-refractivity contribution < 1.29 is 13.9 Å². The Bertz CT molecular complexity index is 1150. The molecule has 5 rings (SSSR count). The first kappa shape index (κ1) is 20.6. The second-order valence-electron chi connectivity index (χ2n) is 8.20. The molecule has 164 valence electrons. The fourth-order valence-corrected chi connectivity index (χ4v) is 4.43. The molecule has 2 aromatic carbocycles. The minimum atomic E-state index is -0.416. The second-order valence-corrected chi connectivity index (χ2v) is 8.20. The van der Waals surface area contributed by atoms with Crippen molar-refractivity contribution in [1.29, 1.82) is 0 Å². The van der Waals surface area contributed by atoms with Crippen molar-refractivity contribution in [1.82, 2.24) is 9.97 Å². The zero-order valence-electron chi connectivity index (χ0n) is 18.0. The zero-order chi connectivity index (χ0) is 22.1. The highest BCUT2D eigenvalue weighted by Crippen LogP contribution is 2.34. The van der Waals surface area contributed by atoms with Crippen molar-refractivity contribution in [2.24, 2.45) is 0 Å². The molecule has 32 heavy (non-hydrogen) atoms. The van der Waals surface area contributed by atoms with E-state index >= 15 is 0 Å². The Kier molecular flexibility index (Phi) is 5.57. The van der Waals surface area contributed by atoms with Gasteiger partial charge in [-0.15, -0.1) is 0 Å². The maximum atomic E-state index is 14.8. The lowest BCUT2D eigenvalue weighted by Crippen LogP contribution is -2.42. The SMILES string of the molecule is CC1CCc2ccccc2N1C(=O)c1cnc(N2CCOCC2)nc1-c1ccccc1F. The van der Waals surface area contributed by atoms with E-state index in [2.05, 4.69) is 11.1 Å². The number of benzene rings is 2. The third-order valence-electron chi connectivity index (χ3n) is 6.17. The molecular weight excluding hydrogens is 407 g/mol. The van der Waals surface area contributed by atoms with E-state index in [1.807, 2.05) is 30.0 Å². The number of ether oxygens (including phenoxy) is 1. The van der Waals surface area contributed by atoms with Crippen molar-refractivity contribution in [3.05, 3.63) is 71.7 Å². The number of aryl methyl sites for hydroxylation is 1. The van der Waals surface area contributed by atoms with E-state index in [4.69, 9.17) is 9.72 Å². The number of carbonyl (C=O) groups excluding carboxylic acids is 1. The molecule has 1 saturated heterocycles. The van der Waals surface area contributed by atoms with Crippen molar-refractivity contribution in [2.75, 3.05) is 36.1 Å². The molecule has 0 bridgehead atoms. The fourth-order valence-electron chi connectivity index (χ4n) is 4.43. The van der Waals surface area contributed by atoms with Gasteiger partial charge < -0.3 is 14.5 Å². The van der Waals surface area contributed by atoms with Crippen molar-refractivity contribution in [2.45, 2.75) is 25.8 Å².